The number of ether oxygens (including phenoxy) is 1. The molecule has 0 aliphatic rings. The van der Waals surface area contributed by atoms with Crippen LogP contribution in [0.25, 0.3) is 0 Å². The van der Waals surface area contributed by atoms with Gasteiger partial charge in [0.2, 0.25) is 0 Å². The Bertz CT molecular complexity index is 361. The van der Waals surface area contributed by atoms with Gasteiger partial charge in [-0.05, 0) is 19.1 Å². The van der Waals surface area contributed by atoms with Crippen LogP contribution in [0, 0.1) is 6.92 Å². The first-order valence-electron chi connectivity index (χ1n) is 4.04. The first-order valence-corrected chi connectivity index (χ1v) is 4.95. The Balaban J connectivity index is 3.24. The van der Waals surface area contributed by atoms with Gasteiger partial charge in [0.1, 0.15) is 5.75 Å². The van der Waals surface area contributed by atoms with E-state index in [1.54, 1.807) is 26.2 Å². The van der Waals surface area contributed by atoms with Gasteiger partial charge in [0.15, 0.2) is 5.78 Å². The molecule has 0 saturated heterocycles. The lowest BCUT2D eigenvalue weighted by atomic mass is 10.1. The molecule has 1 aromatic carbocycles. The third-order valence-electron chi connectivity index (χ3n) is 1.98. The summed E-state index contributed by atoms with van der Waals surface area (Å²) in [7, 11) is 1.56. The fourth-order valence-electron chi connectivity index (χ4n) is 1.18. The zero-order valence-corrected chi connectivity index (χ0v) is 9.45. The molecular formula is C10H10Cl2O2. The number of carbonyl (C=O) groups is 1. The van der Waals surface area contributed by atoms with Gasteiger partial charge < -0.3 is 4.74 Å². The highest BCUT2D eigenvalue weighted by Crippen LogP contribution is 2.29. The average Bonchev–Trinajstić information content (AvgIpc) is 2.21. The fourth-order valence-corrected chi connectivity index (χ4v) is 1.58. The summed E-state index contributed by atoms with van der Waals surface area (Å²) in [4.78, 5) is 11.3. The summed E-state index contributed by atoms with van der Waals surface area (Å²) in [5.74, 6) is 0.425. The molecule has 0 saturated carbocycles. The van der Waals surface area contributed by atoms with E-state index >= 15 is 0 Å². The first kappa shape index (κ1) is 11.3. The lowest BCUT2D eigenvalue weighted by molar-refractivity contribution is 0.102. The molecule has 1 aromatic rings. The quantitative estimate of drug-likeness (QED) is 0.592. The van der Waals surface area contributed by atoms with Crippen LogP contribution in [0.1, 0.15) is 15.9 Å². The molecule has 0 unspecified atom stereocenters. The maximum atomic E-state index is 11.3. The average molecular weight is 233 g/mol. The molecule has 14 heavy (non-hydrogen) atoms. The molecule has 0 aliphatic carbocycles. The van der Waals surface area contributed by atoms with E-state index in [-0.39, 0.29) is 11.7 Å². The van der Waals surface area contributed by atoms with E-state index in [9.17, 15) is 4.79 Å². The number of benzene rings is 1. The van der Waals surface area contributed by atoms with Crippen molar-refractivity contribution in [1.82, 2.24) is 0 Å². The monoisotopic (exact) mass is 232 g/mol. The van der Waals surface area contributed by atoms with E-state index in [0.29, 0.717) is 16.3 Å². The molecule has 4 heteroatoms. The molecule has 0 aliphatic heterocycles. The number of methoxy groups -OCH3 is 1. The fraction of sp³-hybridized carbons (Fsp3) is 0.300. The topological polar surface area (TPSA) is 26.3 Å². The van der Waals surface area contributed by atoms with Gasteiger partial charge in [0, 0.05) is 11.1 Å². The molecule has 0 N–H and O–H groups in total. The third kappa shape index (κ3) is 2.02. The predicted molar refractivity (Wildman–Crippen MR) is 57.8 cm³/mol. The summed E-state index contributed by atoms with van der Waals surface area (Å²) in [5.41, 5.74) is 1.20. The van der Waals surface area contributed by atoms with Gasteiger partial charge in [-0.3, -0.25) is 4.79 Å². The van der Waals surface area contributed by atoms with Gasteiger partial charge in [-0.2, -0.15) is 0 Å². The SMILES string of the molecule is COc1ccc(C(=O)CCl)c(Cl)c1C. The summed E-state index contributed by atoms with van der Waals surface area (Å²) in [6.07, 6.45) is 0. The molecule has 0 spiro atoms. The number of ketones is 1. The van der Waals surface area contributed by atoms with Gasteiger partial charge >= 0.3 is 0 Å². The number of alkyl halides is 1. The Morgan fingerprint density at radius 2 is 2.14 bits per heavy atom. The Labute approximate surface area is 92.8 Å². The summed E-state index contributed by atoms with van der Waals surface area (Å²) < 4.78 is 5.07. The molecule has 1 rings (SSSR count). The molecule has 0 radical (unpaired) electrons. The van der Waals surface area contributed by atoms with E-state index in [4.69, 9.17) is 27.9 Å². The molecule has 2 nitrogen and oxygen atoms in total. The van der Waals surface area contributed by atoms with Crippen molar-refractivity contribution in [3.63, 3.8) is 0 Å². The molecule has 76 valence electrons. The van der Waals surface area contributed by atoms with Crippen LogP contribution >= 0.6 is 23.2 Å². The number of halogens is 2. The summed E-state index contributed by atoms with van der Waals surface area (Å²) in [5, 5.41) is 0.412. The molecular weight excluding hydrogens is 223 g/mol. The number of carbonyl (C=O) groups excluding carboxylic acids is 1. The lowest BCUT2D eigenvalue weighted by Gasteiger charge is -2.09. The molecule has 0 fully saturated rings. The number of hydrogen-bond donors (Lipinski definition) is 0. The Kier molecular flexibility index (Phi) is 3.78. The van der Waals surface area contributed by atoms with Crippen LogP contribution < -0.4 is 4.74 Å². The largest absolute Gasteiger partial charge is 0.496 e. The Morgan fingerprint density at radius 3 is 2.64 bits per heavy atom. The van der Waals surface area contributed by atoms with Crippen molar-refractivity contribution in [2.45, 2.75) is 6.92 Å². The number of rotatable bonds is 3. The molecule has 0 amide bonds. The zero-order chi connectivity index (χ0) is 10.7. The summed E-state index contributed by atoms with van der Waals surface area (Å²) in [6.45, 7) is 1.80. The second-order valence-corrected chi connectivity index (χ2v) is 3.46. The second kappa shape index (κ2) is 4.67. The Morgan fingerprint density at radius 1 is 1.50 bits per heavy atom. The maximum Gasteiger partial charge on any atom is 0.179 e. The van der Waals surface area contributed by atoms with Crippen molar-refractivity contribution in [1.29, 1.82) is 0 Å². The third-order valence-corrected chi connectivity index (χ3v) is 2.71. The summed E-state index contributed by atoms with van der Waals surface area (Å²) >= 11 is 11.4. The predicted octanol–water partition coefficient (Wildman–Crippen LogP) is 3.08. The van der Waals surface area contributed by atoms with E-state index in [1.807, 2.05) is 0 Å². The molecule has 0 heterocycles. The second-order valence-electron chi connectivity index (χ2n) is 2.81. The zero-order valence-electron chi connectivity index (χ0n) is 7.93. The molecule has 0 atom stereocenters. The highest BCUT2D eigenvalue weighted by Gasteiger charge is 2.13. The van der Waals surface area contributed by atoms with Crippen molar-refractivity contribution in [2.24, 2.45) is 0 Å². The maximum absolute atomic E-state index is 11.3. The van der Waals surface area contributed by atoms with Crippen molar-refractivity contribution in [3.05, 3.63) is 28.3 Å². The van der Waals surface area contributed by atoms with Crippen molar-refractivity contribution < 1.29 is 9.53 Å². The van der Waals surface area contributed by atoms with Crippen molar-refractivity contribution >= 4 is 29.0 Å². The van der Waals surface area contributed by atoms with Crippen LogP contribution in [-0.2, 0) is 0 Å². The summed E-state index contributed by atoms with van der Waals surface area (Å²) in [6, 6.07) is 3.33. The highest BCUT2D eigenvalue weighted by atomic mass is 35.5. The van der Waals surface area contributed by atoms with Gasteiger partial charge in [0.05, 0.1) is 18.0 Å². The van der Waals surface area contributed by atoms with E-state index < -0.39 is 0 Å². The minimum atomic E-state index is -0.178. The first-order chi connectivity index (χ1) is 6.61. The van der Waals surface area contributed by atoms with Crippen LogP contribution in [0.2, 0.25) is 5.02 Å². The van der Waals surface area contributed by atoms with Gasteiger partial charge in [0.25, 0.3) is 0 Å². The minimum Gasteiger partial charge on any atom is -0.496 e. The van der Waals surface area contributed by atoms with Gasteiger partial charge in [-0.25, -0.2) is 0 Å². The number of hydrogen-bond acceptors (Lipinski definition) is 2. The van der Waals surface area contributed by atoms with Crippen LogP contribution in [0.3, 0.4) is 0 Å². The lowest BCUT2D eigenvalue weighted by Crippen LogP contribution is -2.02. The van der Waals surface area contributed by atoms with Crippen LogP contribution in [0.15, 0.2) is 12.1 Å². The van der Waals surface area contributed by atoms with Gasteiger partial charge in [-0.15, -0.1) is 11.6 Å². The smallest absolute Gasteiger partial charge is 0.179 e. The Hall–Kier alpha value is -0.730. The van der Waals surface area contributed by atoms with Gasteiger partial charge in [-0.1, -0.05) is 11.6 Å². The van der Waals surface area contributed by atoms with Crippen LogP contribution in [-0.4, -0.2) is 18.8 Å². The number of Topliss-reactive ketones (excluding diaryl/α,β-unsaturated/α-hetero) is 1. The standard InChI is InChI=1S/C10H10Cl2O2/c1-6-9(14-2)4-3-7(10(6)12)8(13)5-11/h3-4H,5H2,1-2H3. The van der Waals surface area contributed by atoms with Crippen LogP contribution in [0.4, 0.5) is 0 Å². The molecule has 0 bridgehead atoms. The van der Waals surface area contributed by atoms with Crippen molar-refractivity contribution in [3.8, 4) is 5.75 Å². The normalized spacial score (nSPS) is 10.0. The van der Waals surface area contributed by atoms with Crippen molar-refractivity contribution in [2.75, 3.05) is 13.0 Å². The van der Waals surface area contributed by atoms with E-state index in [0.717, 1.165) is 5.56 Å². The van der Waals surface area contributed by atoms with E-state index in [2.05, 4.69) is 0 Å². The van der Waals surface area contributed by atoms with Crippen LogP contribution in [0.5, 0.6) is 5.75 Å². The highest BCUT2D eigenvalue weighted by molar-refractivity contribution is 6.38. The minimum absolute atomic E-state index is 0.0640. The van der Waals surface area contributed by atoms with E-state index in [1.165, 1.54) is 0 Å². The molecule has 0 aromatic heterocycles.